The second kappa shape index (κ2) is 5.22. The molecular weight excluding hydrogens is 292 g/mol. The van der Waals surface area contributed by atoms with Crippen molar-refractivity contribution in [1.82, 2.24) is 15.0 Å². The number of aromatic amines is 1. The third-order valence-corrected chi connectivity index (χ3v) is 3.32. The van der Waals surface area contributed by atoms with Gasteiger partial charge in [0.05, 0.1) is 17.5 Å². The van der Waals surface area contributed by atoms with Crippen molar-refractivity contribution in [1.29, 1.82) is 0 Å². The minimum atomic E-state index is -0.189. The van der Waals surface area contributed by atoms with Gasteiger partial charge in [-0.25, -0.2) is 9.97 Å². The number of hydrogen-bond donors (Lipinski definition) is 2. The normalized spacial score (nSPS) is 10.3. The van der Waals surface area contributed by atoms with Gasteiger partial charge in [0.1, 0.15) is 10.3 Å². The summed E-state index contributed by atoms with van der Waals surface area (Å²) >= 11 is 4.75. The summed E-state index contributed by atoms with van der Waals surface area (Å²) in [6.07, 6.45) is 2.18. The van der Waals surface area contributed by atoms with Gasteiger partial charge < -0.3 is 10.3 Å². The second-order valence-electron chi connectivity index (χ2n) is 3.05. The Labute approximate surface area is 104 Å². The van der Waals surface area contributed by atoms with Crippen LogP contribution in [0.2, 0.25) is 0 Å². The molecule has 0 saturated carbocycles. The van der Waals surface area contributed by atoms with E-state index in [1.165, 1.54) is 6.33 Å². The average Bonchev–Trinajstić information content (AvgIpc) is 2.77. The molecule has 0 aliphatic heterocycles. The summed E-state index contributed by atoms with van der Waals surface area (Å²) in [4.78, 5) is 21.9. The highest BCUT2D eigenvalue weighted by Crippen LogP contribution is 2.13. The maximum absolute atomic E-state index is 11.2. The van der Waals surface area contributed by atoms with E-state index in [0.29, 0.717) is 16.8 Å². The predicted octanol–water partition coefficient (Wildman–Crippen LogP) is 1.64. The SMILES string of the molecule is O=c1[nH]cnc(NCCc2cscn2)c1Br. The van der Waals surface area contributed by atoms with Crippen molar-refractivity contribution in [3.05, 3.63) is 37.7 Å². The summed E-state index contributed by atoms with van der Waals surface area (Å²) in [5.74, 6) is 0.555. The molecule has 0 aliphatic rings. The zero-order chi connectivity index (χ0) is 11.4. The van der Waals surface area contributed by atoms with Gasteiger partial charge in [0.25, 0.3) is 5.56 Å². The number of hydrogen-bond acceptors (Lipinski definition) is 5. The molecule has 0 bridgehead atoms. The summed E-state index contributed by atoms with van der Waals surface area (Å²) in [5.41, 5.74) is 2.65. The van der Waals surface area contributed by atoms with Crippen LogP contribution in [0.25, 0.3) is 0 Å². The third kappa shape index (κ3) is 2.67. The lowest BCUT2D eigenvalue weighted by molar-refractivity contribution is 0.958. The minimum absolute atomic E-state index is 0.189. The highest BCUT2D eigenvalue weighted by Gasteiger charge is 2.04. The summed E-state index contributed by atoms with van der Waals surface area (Å²) < 4.78 is 0.424. The van der Waals surface area contributed by atoms with Gasteiger partial charge in [0.2, 0.25) is 0 Å². The molecule has 0 radical (unpaired) electrons. The van der Waals surface area contributed by atoms with Gasteiger partial charge in [-0.05, 0) is 15.9 Å². The highest BCUT2D eigenvalue weighted by molar-refractivity contribution is 9.10. The van der Waals surface area contributed by atoms with Gasteiger partial charge in [-0.3, -0.25) is 4.79 Å². The molecule has 0 aliphatic carbocycles. The van der Waals surface area contributed by atoms with Crippen LogP contribution in [0.3, 0.4) is 0 Å². The number of halogens is 1. The first-order valence-electron chi connectivity index (χ1n) is 4.61. The van der Waals surface area contributed by atoms with Crippen molar-refractivity contribution in [3.8, 4) is 0 Å². The fourth-order valence-electron chi connectivity index (χ4n) is 1.18. The fraction of sp³-hybridized carbons (Fsp3) is 0.222. The van der Waals surface area contributed by atoms with Crippen LogP contribution in [-0.2, 0) is 6.42 Å². The average molecular weight is 301 g/mol. The zero-order valence-corrected chi connectivity index (χ0v) is 10.6. The van der Waals surface area contributed by atoms with Crippen molar-refractivity contribution in [3.63, 3.8) is 0 Å². The summed E-state index contributed by atoms with van der Waals surface area (Å²) in [6.45, 7) is 0.693. The molecular formula is C9H9BrN4OS. The van der Waals surface area contributed by atoms with E-state index in [0.717, 1.165) is 12.1 Å². The summed E-state index contributed by atoms with van der Waals surface area (Å²) in [5, 5.41) is 5.08. The van der Waals surface area contributed by atoms with E-state index in [2.05, 4.69) is 36.2 Å². The van der Waals surface area contributed by atoms with Crippen molar-refractivity contribution < 1.29 is 0 Å². The molecule has 0 aromatic carbocycles. The Morgan fingerprint density at radius 1 is 1.50 bits per heavy atom. The van der Waals surface area contributed by atoms with Crippen molar-refractivity contribution in [2.24, 2.45) is 0 Å². The molecule has 0 spiro atoms. The maximum atomic E-state index is 11.2. The molecule has 2 heterocycles. The molecule has 2 N–H and O–H groups in total. The van der Waals surface area contributed by atoms with Gasteiger partial charge in [-0.15, -0.1) is 11.3 Å². The van der Waals surface area contributed by atoms with Crippen molar-refractivity contribution in [2.75, 3.05) is 11.9 Å². The Hall–Kier alpha value is -1.21. The van der Waals surface area contributed by atoms with E-state index < -0.39 is 0 Å². The highest BCUT2D eigenvalue weighted by atomic mass is 79.9. The molecule has 0 amide bonds. The van der Waals surface area contributed by atoms with Gasteiger partial charge in [0.15, 0.2) is 0 Å². The lowest BCUT2D eigenvalue weighted by atomic mass is 10.3. The Balaban J connectivity index is 1.95. The summed E-state index contributed by atoms with van der Waals surface area (Å²) in [6, 6.07) is 0. The van der Waals surface area contributed by atoms with E-state index in [4.69, 9.17) is 0 Å². The van der Waals surface area contributed by atoms with Gasteiger partial charge in [0, 0.05) is 18.3 Å². The number of anilines is 1. The van der Waals surface area contributed by atoms with E-state index in [-0.39, 0.29) is 5.56 Å². The number of nitrogens with one attached hydrogen (secondary N) is 2. The lowest BCUT2D eigenvalue weighted by Crippen LogP contribution is -2.13. The van der Waals surface area contributed by atoms with Crippen LogP contribution < -0.4 is 10.9 Å². The predicted molar refractivity (Wildman–Crippen MR) is 66.9 cm³/mol. The Kier molecular flexibility index (Phi) is 3.68. The van der Waals surface area contributed by atoms with E-state index >= 15 is 0 Å². The number of rotatable bonds is 4. The molecule has 16 heavy (non-hydrogen) atoms. The van der Waals surface area contributed by atoms with Crippen LogP contribution in [0.4, 0.5) is 5.82 Å². The molecule has 5 nitrogen and oxygen atoms in total. The molecule has 0 atom stereocenters. The largest absolute Gasteiger partial charge is 0.369 e. The molecule has 0 unspecified atom stereocenters. The Morgan fingerprint density at radius 2 is 2.38 bits per heavy atom. The molecule has 2 rings (SSSR count). The van der Waals surface area contributed by atoms with Crippen LogP contribution in [0.5, 0.6) is 0 Å². The smallest absolute Gasteiger partial charge is 0.267 e. The zero-order valence-electron chi connectivity index (χ0n) is 8.24. The van der Waals surface area contributed by atoms with Gasteiger partial charge >= 0.3 is 0 Å². The van der Waals surface area contributed by atoms with Crippen LogP contribution in [0, 0.1) is 0 Å². The Bertz CT molecular complexity index is 510. The number of H-pyrrole nitrogens is 1. The molecule has 2 aromatic rings. The first-order chi connectivity index (χ1) is 7.77. The number of nitrogens with zero attached hydrogens (tertiary/aromatic N) is 2. The molecule has 7 heteroatoms. The third-order valence-electron chi connectivity index (χ3n) is 1.95. The quantitative estimate of drug-likeness (QED) is 0.900. The molecule has 0 saturated heterocycles. The first kappa shape index (κ1) is 11.3. The second-order valence-corrected chi connectivity index (χ2v) is 4.56. The summed E-state index contributed by atoms with van der Waals surface area (Å²) in [7, 11) is 0. The van der Waals surface area contributed by atoms with Gasteiger partial charge in [-0.2, -0.15) is 0 Å². The van der Waals surface area contributed by atoms with Crippen LogP contribution >= 0.6 is 27.3 Å². The number of thiazole rings is 1. The first-order valence-corrected chi connectivity index (χ1v) is 6.35. The monoisotopic (exact) mass is 300 g/mol. The van der Waals surface area contributed by atoms with E-state index in [1.54, 1.807) is 16.8 Å². The maximum Gasteiger partial charge on any atom is 0.267 e. The lowest BCUT2D eigenvalue weighted by Gasteiger charge is -2.04. The van der Waals surface area contributed by atoms with Crippen LogP contribution in [0.15, 0.2) is 26.5 Å². The standard InChI is InChI=1S/C9H9BrN4OS/c10-7-8(12-4-13-9(7)15)11-2-1-6-3-16-5-14-6/h3-5H,1-2H2,(H2,11,12,13,15). The van der Waals surface area contributed by atoms with E-state index in [1.807, 2.05) is 5.38 Å². The van der Waals surface area contributed by atoms with Crippen LogP contribution in [0.1, 0.15) is 5.69 Å². The molecule has 84 valence electrons. The topological polar surface area (TPSA) is 70.7 Å². The van der Waals surface area contributed by atoms with Crippen LogP contribution in [-0.4, -0.2) is 21.5 Å². The fourth-order valence-corrected chi connectivity index (χ4v) is 2.13. The number of aromatic nitrogens is 3. The van der Waals surface area contributed by atoms with E-state index in [9.17, 15) is 4.79 Å². The van der Waals surface area contributed by atoms with Crippen molar-refractivity contribution >= 4 is 33.1 Å². The molecule has 0 fully saturated rings. The minimum Gasteiger partial charge on any atom is -0.369 e. The molecule has 2 aromatic heterocycles. The van der Waals surface area contributed by atoms with Crippen molar-refractivity contribution in [2.45, 2.75) is 6.42 Å². The van der Waals surface area contributed by atoms with Gasteiger partial charge in [-0.1, -0.05) is 0 Å². The Morgan fingerprint density at radius 3 is 3.12 bits per heavy atom.